The van der Waals surface area contributed by atoms with Gasteiger partial charge in [-0.05, 0) is 89.5 Å². The number of aliphatic carboxylic acids is 1. The molecular formula is C35H67N15O7. The number of carboxylic acid groups (broad SMARTS) is 1. The molecule has 0 aromatic rings. The van der Waals surface area contributed by atoms with E-state index in [4.69, 9.17) is 45.9 Å². The Morgan fingerprint density at radius 1 is 0.684 bits per heavy atom. The number of nitrogens with zero attached hydrogens (tertiary/aromatic N) is 3. The van der Waals surface area contributed by atoms with Gasteiger partial charge in [0, 0.05) is 32.2 Å². The number of carbonyl (C=O) groups is 6. The monoisotopic (exact) mass is 810 g/mol. The van der Waals surface area contributed by atoms with Crippen molar-refractivity contribution in [2.75, 3.05) is 32.7 Å². The molecule has 1 saturated heterocycles. The van der Waals surface area contributed by atoms with Crippen LogP contribution in [-0.4, -0.2) is 132 Å². The Kier molecular flexibility index (Phi) is 21.6. The number of likely N-dealkylation sites (tertiary alicyclic amines) is 1. The molecule has 1 aliphatic carbocycles. The van der Waals surface area contributed by atoms with E-state index >= 15 is 0 Å². The second-order valence-corrected chi connectivity index (χ2v) is 14.7. The van der Waals surface area contributed by atoms with Crippen LogP contribution in [0.1, 0.15) is 89.9 Å². The minimum absolute atomic E-state index is 0.000383. The second-order valence-electron chi connectivity index (χ2n) is 14.7. The molecule has 1 saturated carbocycles. The Bertz CT molecular complexity index is 1390. The molecule has 57 heavy (non-hydrogen) atoms. The SMILES string of the molecule is NCC[C@H](NC(=O)[C@H](CCCCNC(=O)[C@@H](N)CCCCN=C(N)N)NC(=O)[C@@H](N)CN)C(=O)N1C2CCCCC2C[C@H]1C(=O)N[C@@H](CCCN=C(N)N)C(=O)O. The number of nitrogens with one attached hydrogen (secondary N) is 4. The van der Waals surface area contributed by atoms with E-state index < -0.39 is 65.8 Å². The van der Waals surface area contributed by atoms with Gasteiger partial charge in [-0.25, -0.2) is 4.79 Å². The molecule has 0 radical (unpaired) electrons. The van der Waals surface area contributed by atoms with Crippen LogP contribution in [0.4, 0.5) is 0 Å². The van der Waals surface area contributed by atoms with E-state index in [1.165, 1.54) is 4.90 Å². The van der Waals surface area contributed by atoms with E-state index in [9.17, 15) is 33.9 Å². The van der Waals surface area contributed by atoms with E-state index in [1.54, 1.807) is 0 Å². The van der Waals surface area contributed by atoms with Crippen molar-refractivity contribution in [2.24, 2.45) is 61.8 Å². The van der Waals surface area contributed by atoms with Crippen molar-refractivity contribution in [1.29, 1.82) is 0 Å². The van der Waals surface area contributed by atoms with Gasteiger partial charge in [0.2, 0.25) is 29.5 Å². The molecule has 0 bridgehead atoms. The maximum Gasteiger partial charge on any atom is 0.326 e. The summed E-state index contributed by atoms with van der Waals surface area (Å²) in [7, 11) is 0. The lowest BCUT2D eigenvalue weighted by molar-refractivity contribution is -0.146. The predicted octanol–water partition coefficient (Wildman–Crippen LogP) is -4.57. The van der Waals surface area contributed by atoms with Crippen molar-refractivity contribution in [3.63, 3.8) is 0 Å². The molecule has 22 heteroatoms. The smallest absolute Gasteiger partial charge is 0.326 e. The molecule has 8 atom stereocenters. The zero-order chi connectivity index (χ0) is 42.5. The Hall–Kier alpha value is -4.80. The highest BCUT2D eigenvalue weighted by Gasteiger charge is 2.49. The summed E-state index contributed by atoms with van der Waals surface area (Å²) in [5.41, 5.74) is 44.7. The lowest BCUT2D eigenvalue weighted by Gasteiger charge is -2.36. The lowest BCUT2D eigenvalue weighted by Crippen LogP contribution is -2.60. The van der Waals surface area contributed by atoms with Gasteiger partial charge in [0.25, 0.3) is 0 Å². The summed E-state index contributed by atoms with van der Waals surface area (Å²) in [5.74, 6) is -4.16. The van der Waals surface area contributed by atoms with Gasteiger partial charge in [-0.15, -0.1) is 0 Å². The molecule has 2 fully saturated rings. The number of hydrogen-bond acceptors (Lipinski definition) is 12. The second kappa shape index (κ2) is 25.5. The highest BCUT2D eigenvalue weighted by atomic mass is 16.4. The van der Waals surface area contributed by atoms with Crippen LogP contribution in [-0.2, 0) is 28.8 Å². The fraction of sp³-hybridized carbons (Fsp3) is 0.771. The first-order valence-corrected chi connectivity index (χ1v) is 19.9. The molecule has 5 amide bonds. The van der Waals surface area contributed by atoms with Crippen LogP contribution in [0.25, 0.3) is 0 Å². The van der Waals surface area contributed by atoms with E-state index in [-0.39, 0.29) is 75.2 Å². The maximum absolute atomic E-state index is 14.4. The first-order chi connectivity index (χ1) is 27.1. The zero-order valence-corrected chi connectivity index (χ0v) is 32.9. The molecule has 0 spiro atoms. The summed E-state index contributed by atoms with van der Waals surface area (Å²) in [5, 5.41) is 20.6. The van der Waals surface area contributed by atoms with E-state index in [1.807, 2.05) is 0 Å². The van der Waals surface area contributed by atoms with Crippen LogP contribution < -0.4 is 67.1 Å². The number of aliphatic imine (C=N–C) groups is 2. The van der Waals surface area contributed by atoms with E-state index in [0.717, 1.165) is 19.3 Å². The molecule has 1 heterocycles. The summed E-state index contributed by atoms with van der Waals surface area (Å²) < 4.78 is 0. The van der Waals surface area contributed by atoms with Gasteiger partial charge < -0.3 is 77.1 Å². The Morgan fingerprint density at radius 3 is 1.93 bits per heavy atom. The van der Waals surface area contributed by atoms with Crippen LogP contribution in [0.15, 0.2) is 9.98 Å². The average Bonchev–Trinajstić information content (AvgIpc) is 3.56. The van der Waals surface area contributed by atoms with Gasteiger partial charge >= 0.3 is 5.97 Å². The van der Waals surface area contributed by atoms with Crippen molar-refractivity contribution >= 4 is 47.4 Å². The third kappa shape index (κ3) is 16.7. The minimum atomic E-state index is -1.24. The van der Waals surface area contributed by atoms with Crippen LogP contribution in [0, 0.1) is 5.92 Å². The standard InChI is InChI=1S/C35H67N15O7/c36-14-13-24(32(55)50-26-12-2-1-8-20(26)18-27(50)31(54)49-25(33(56)57)11-7-17-46-35(42)43)48-30(53)23(47-29(52)22(39)19-37)10-4-6-15-44-28(51)21(38)9-3-5-16-45-34(40)41/h20-27H,1-19,36-39H2,(H,44,51)(H,47,52)(H,48,53)(H,49,54)(H,56,57)(H4,40,41,45)(H4,42,43,46)/t20?,21-,22-,23-,24-,25-,26?,27-/m0/s1. The Balaban J connectivity index is 2.15. The molecule has 324 valence electrons. The lowest BCUT2D eigenvalue weighted by atomic mass is 9.84. The summed E-state index contributed by atoms with van der Waals surface area (Å²) >= 11 is 0. The molecule has 2 aliphatic rings. The van der Waals surface area contributed by atoms with Gasteiger partial charge in [0.05, 0.1) is 12.1 Å². The first kappa shape index (κ1) is 48.3. The Labute approximate surface area is 333 Å². The third-order valence-electron chi connectivity index (χ3n) is 10.3. The van der Waals surface area contributed by atoms with Gasteiger partial charge in [-0.3, -0.25) is 34.0 Å². The van der Waals surface area contributed by atoms with E-state index in [2.05, 4.69) is 31.3 Å². The number of hydrogen-bond donors (Lipinski definition) is 13. The predicted molar refractivity (Wildman–Crippen MR) is 214 cm³/mol. The fourth-order valence-electron chi connectivity index (χ4n) is 7.20. The molecule has 2 rings (SSSR count). The topological polar surface area (TPSA) is 407 Å². The number of fused-ring (bicyclic) bond motifs is 1. The molecule has 0 aromatic carbocycles. The van der Waals surface area contributed by atoms with Crippen molar-refractivity contribution in [3.8, 4) is 0 Å². The average molecular weight is 810 g/mol. The number of guanidine groups is 2. The van der Waals surface area contributed by atoms with Crippen LogP contribution in [0.5, 0.6) is 0 Å². The summed E-state index contributed by atoms with van der Waals surface area (Å²) in [4.78, 5) is 88.6. The van der Waals surface area contributed by atoms with E-state index in [0.29, 0.717) is 57.9 Å². The summed E-state index contributed by atoms with van der Waals surface area (Å²) in [6.07, 6.45) is 6.62. The molecule has 1 aliphatic heterocycles. The molecule has 22 nitrogen and oxygen atoms in total. The number of unbranched alkanes of at least 4 members (excludes halogenated alkanes) is 2. The van der Waals surface area contributed by atoms with Crippen LogP contribution in [0.2, 0.25) is 0 Å². The van der Waals surface area contributed by atoms with Crippen molar-refractivity contribution in [1.82, 2.24) is 26.2 Å². The van der Waals surface area contributed by atoms with Crippen molar-refractivity contribution < 1.29 is 33.9 Å². The number of rotatable bonds is 26. The van der Waals surface area contributed by atoms with Gasteiger partial charge in [-0.2, -0.15) is 0 Å². The summed E-state index contributed by atoms with van der Waals surface area (Å²) in [6, 6.07) is -6.60. The summed E-state index contributed by atoms with van der Waals surface area (Å²) in [6.45, 7) is 0.722. The third-order valence-corrected chi connectivity index (χ3v) is 10.3. The molecule has 21 N–H and O–H groups in total. The Morgan fingerprint density at radius 2 is 1.30 bits per heavy atom. The largest absolute Gasteiger partial charge is 0.480 e. The normalized spacial score (nSPS) is 20.1. The fourth-order valence-corrected chi connectivity index (χ4v) is 7.20. The van der Waals surface area contributed by atoms with Crippen molar-refractivity contribution in [3.05, 3.63) is 0 Å². The van der Waals surface area contributed by atoms with Gasteiger partial charge in [-0.1, -0.05) is 12.8 Å². The zero-order valence-electron chi connectivity index (χ0n) is 32.9. The van der Waals surface area contributed by atoms with Gasteiger partial charge in [0.15, 0.2) is 11.9 Å². The molecule has 0 aromatic heterocycles. The first-order valence-electron chi connectivity index (χ1n) is 19.9. The number of carboxylic acids is 1. The quantitative estimate of drug-likeness (QED) is 0.0222. The molecule has 2 unspecified atom stereocenters. The van der Waals surface area contributed by atoms with Gasteiger partial charge in [0.1, 0.15) is 24.2 Å². The number of amides is 5. The molecular weight excluding hydrogens is 742 g/mol. The number of nitrogens with two attached hydrogens (primary N) is 8. The van der Waals surface area contributed by atoms with Crippen LogP contribution >= 0.6 is 0 Å². The highest BCUT2D eigenvalue weighted by molar-refractivity contribution is 5.96. The van der Waals surface area contributed by atoms with Crippen LogP contribution in [0.3, 0.4) is 0 Å². The van der Waals surface area contributed by atoms with Crippen molar-refractivity contribution in [2.45, 2.75) is 132 Å². The number of carbonyl (C=O) groups excluding carboxylic acids is 5. The minimum Gasteiger partial charge on any atom is -0.480 e. The maximum atomic E-state index is 14.4. The highest BCUT2D eigenvalue weighted by Crippen LogP contribution is 2.40.